The normalized spacial score (nSPS) is 9.75. The van der Waals surface area contributed by atoms with Gasteiger partial charge in [0.1, 0.15) is 11.4 Å². The maximum absolute atomic E-state index is 10.4. The van der Waals surface area contributed by atoms with E-state index < -0.39 is 4.92 Å². The Labute approximate surface area is 73.1 Å². The van der Waals surface area contributed by atoms with Crippen molar-refractivity contribution in [2.24, 2.45) is 0 Å². The molecule has 12 heavy (non-hydrogen) atoms. The van der Waals surface area contributed by atoms with Crippen molar-refractivity contribution in [3.05, 3.63) is 27.3 Å². The molecule has 0 atom stereocenters. The molecule has 1 aromatic rings. The number of nitrogens with zero attached hydrogens (tertiary/aromatic N) is 1. The minimum absolute atomic E-state index is 0.0231. The lowest BCUT2D eigenvalue weighted by molar-refractivity contribution is -0.382. The Morgan fingerprint density at radius 3 is 2.08 bits per heavy atom. The number of hydrogen-bond acceptors (Lipinski definition) is 4. The van der Waals surface area contributed by atoms with Gasteiger partial charge in [0, 0.05) is 5.02 Å². The van der Waals surface area contributed by atoms with Crippen molar-refractivity contribution in [1.29, 1.82) is 0 Å². The van der Waals surface area contributed by atoms with E-state index in [0.29, 0.717) is 0 Å². The van der Waals surface area contributed by atoms with Gasteiger partial charge in [-0.2, -0.15) is 0 Å². The molecule has 0 radical (unpaired) electrons. The highest BCUT2D eigenvalue weighted by molar-refractivity contribution is 6.31. The third kappa shape index (κ3) is 1.40. The molecule has 0 heterocycles. The van der Waals surface area contributed by atoms with Crippen LogP contribution in [-0.2, 0) is 0 Å². The van der Waals surface area contributed by atoms with E-state index >= 15 is 0 Å². The lowest BCUT2D eigenvalue weighted by Gasteiger charge is -2.00. The van der Waals surface area contributed by atoms with Gasteiger partial charge in [0.2, 0.25) is 0 Å². The monoisotopic (exact) mass is 187 g/mol. The summed E-state index contributed by atoms with van der Waals surface area (Å²) < 4.78 is 0. The zero-order valence-electron chi connectivity index (χ0n) is 5.95. The molecule has 0 aliphatic heterocycles. The average molecular weight is 188 g/mol. The Morgan fingerprint density at radius 2 is 1.75 bits per heavy atom. The molecule has 0 spiro atoms. The van der Waals surface area contributed by atoms with Crippen LogP contribution in [0.1, 0.15) is 0 Å². The molecule has 0 aliphatic rings. The fraction of sp³-hybridized carbons (Fsp3) is 0. The molecule has 0 unspecified atom stereocenters. The second-order valence-corrected chi connectivity index (χ2v) is 2.63. The first-order valence-corrected chi connectivity index (χ1v) is 3.39. The lowest BCUT2D eigenvalue weighted by atomic mass is 10.2. The molecule has 5 nitrogen and oxygen atoms in total. The van der Waals surface area contributed by atoms with Crippen molar-refractivity contribution in [2.75, 3.05) is 11.5 Å². The number of nitrogens with two attached hydrogens (primary N) is 2. The van der Waals surface area contributed by atoms with Crippen molar-refractivity contribution in [1.82, 2.24) is 0 Å². The molecule has 1 rings (SSSR count). The predicted octanol–water partition coefficient (Wildman–Crippen LogP) is 1.41. The van der Waals surface area contributed by atoms with Crippen molar-refractivity contribution in [3.63, 3.8) is 0 Å². The standard InChI is InChI=1S/C6H6ClN3O2/c7-3-1-4(8)6(10(11)12)5(9)2-3/h1-2H,8-9H2. The molecule has 0 aliphatic carbocycles. The fourth-order valence-corrected chi connectivity index (χ4v) is 1.09. The van der Waals surface area contributed by atoms with Gasteiger partial charge < -0.3 is 11.5 Å². The SMILES string of the molecule is Nc1cc(Cl)cc(N)c1[N+](=O)[O-]. The second kappa shape index (κ2) is 2.86. The molecule has 64 valence electrons. The van der Waals surface area contributed by atoms with E-state index in [1.807, 2.05) is 0 Å². The van der Waals surface area contributed by atoms with Crippen LogP contribution in [0.3, 0.4) is 0 Å². The zero-order chi connectivity index (χ0) is 9.30. The fourth-order valence-electron chi connectivity index (χ4n) is 0.853. The molecular weight excluding hydrogens is 182 g/mol. The van der Waals surface area contributed by atoms with Gasteiger partial charge >= 0.3 is 5.69 Å². The van der Waals surface area contributed by atoms with E-state index in [4.69, 9.17) is 23.1 Å². The van der Waals surface area contributed by atoms with E-state index in [0.717, 1.165) is 0 Å². The van der Waals surface area contributed by atoms with Gasteiger partial charge in [0.05, 0.1) is 4.92 Å². The largest absolute Gasteiger partial charge is 0.393 e. The van der Waals surface area contributed by atoms with Crippen LogP contribution in [0, 0.1) is 10.1 Å². The molecule has 0 aromatic heterocycles. The van der Waals surface area contributed by atoms with Crippen molar-refractivity contribution in [3.8, 4) is 0 Å². The first kappa shape index (κ1) is 8.61. The topological polar surface area (TPSA) is 95.2 Å². The van der Waals surface area contributed by atoms with Gasteiger partial charge in [-0.3, -0.25) is 10.1 Å². The highest BCUT2D eigenvalue weighted by Gasteiger charge is 2.16. The van der Waals surface area contributed by atoms with E-state index in [2.05, 4.69) is 0 Å². The smallest absolute Gasteiger partial charge is 0.314 e. The number of nitrogen functional groups attached to an aromatic ring is 2. The van der Waals surface area contributed by atoms with E-state index in [1.54, 1.807) is 0 Å². The molecular formula is C6H6ClN3O2. The number of halogens is 1. The molecule has 0 saturated heterocycles. The Balaban J connectivity index is 3.38. The summed E-state index contributed by atoms with van der Waals surface area (Å²) in [5.41, 5.74) is 10.3. The van der Waals surface area contributed by atoms with Crippen LogP contribution in [0.25, 0.3) is 0 Å². The summed E-state index contributed by atoms with van der Waals surface area (Å²) in [5.74, 6) is 0. The maximum atomic E-state index is 10.4. The van der Waals surface area contributed by atoms with Gasteiger partial charge in [-0.1, -0.05) is 11.6 Å². The summed E-state index contributed by atoms with van der Waals surface area (Å²) in [6.07, 6.45) is 0. The molecule has 0 amide bonds. The summed E-state index contributed by atoms with van der Waals surface area (Å²) in [5, 5.41) is 10.6. The molecule has 1 aromatic carbocycles. The van der Waals surface area contributed by atoms with Gasteiger partial charge in [-0.05, 0) is 12.1 Å². The van der Waals surface area contributed by atoms with E-state index in [-0.39, 0.29) is 22.1 Å². The highest BCUT2D eigenvalue weighted by atomic mass is 35.5. The first-order valence-electron chi connectivity index (χ1n) is 3.01. The number of hydrogen-bond donors (Lipinski definition) is 2. The van der Waals surface area contributed by atoms with Crippen molar-refractivity contribution >= 4 is 28.7 Å². The van der Waals surface area contributed by atoms with Crippen LogP contribution in [0.5, 0.6) is 0 Å². The number of rotatable bonds is 1. The van der Waals surface area contributed by atoms with Crippen LogP contribution >= 0.6 is 11.6 Å². The second-order valence-electron chi connectivity index (χ2n) is 2.19. The third-order valence-electron chi connectivity index (χ3n) is 1.32. The minimum Gasteiger partial charge on any atom is -0.393 e. The lowest BCUT2D eigenvalue weighted by Crippen LogP contribution is -2.00. The van der Waals surface area contributed by atoms with Crippen LogP contribution in [0.15, 0.2) is 12.1 Å². The number of nitro benzene ring substituents is 1. The summed E-state index contributed by atoms with van der Waals surface area (Å²) in [6, 6.07) is 2.58. The van der Waals surface area contributed by atoms with Crippen LogP contribution in [0.2, 0.25) is 5.02 Å². The zero-order valence-corrected chi connectivity index (χ0v) is 6.71. The van der Waals surface area contributed by atoms with Crippen molar-refractivity contribution in [2.45, 2.75) is 0 Å². The predicted molar refractivity (Wildman–Crippen MR) is 46.9 cm³/mol. The van der Waals surface area contributed by atoms with Gasteiger partial charge in [-0.25, -0.2) is 0 Å². The quantitative estimate of drug-likeness (QED) is 0.395. The van der Waals surface area contributed by atoms with Crippen LogP contribution in [0.4, 0.5) is 17.1 Å². The number of anilines is 2. The molecule has 4 N–H and O–H groups in total. The number of benzene rings is 1. The van der Waals surface area contributed by atoms with Crippen LogP contribution in [-0.4, -0.2) is 4.92 Å². The number of nitro groups is 1. The van der Waals surface area contributed by atoms with Gasteiger partial charge in [0.25, 0.3) is 0 Å². The molecule has 0 bridgehead atoms. The Hall–Kier alpha value is -1.49. The third-order valence-corrected chi connectivity index (χ3v) is 1.53. The average Bonchev–Trinajstić information content (AvgIpc) is 1.82. The first-order chi connectivity index (χ1) is 5.52. The molecule has 0 saturated carbocycles. The maximum Gasteiger partial charge on any atom is 0.314 e. The summed E-state index contributed by atoms with van der Waals surface area (Å²) in [4.78, 5) is 9.72. The Kier molecular flexibility index (Phi) is 2.05. The van der Waals surface area contributed by atoms with E-state index in [1.165, 1.54) is 12.1 Å². The van der Waals surface area contributed by atoms with Crippen molar-refractivity contribution < 1.29 is 4.92 Å². The highest BCUT2D eigenvalue weighted by Crippen LogP contribution is 2.31. The van der Waals surface area contributed by atoms with Crippen LogP contribution < -0.4 is 11.5 Å². The minimum atomic E-state index is -0.638. The Bertz CT molecular complexity index is 317. The Morgan fingerprint density at radius 1 is 1.33 bits per heavy atom. The summed E-state index contributed by atoms with van der Waals surface area (Å²) in [6.45, 7) is 0. The molecule has 0 fully saturated rings. The summed E-state index contributed by atoms with van der Waals surface area (Å²) >= 11 is 5.54. The molecule has 6 heteroatoms. The van der Waals surface area contributed by atoms with E-state index in [9.17, 15) is 10.1 Å². The summed E-state index contributed by atoms with van der Waals surface area (Å²) in [7, 11) is 0. The van der Waals surface area contributed by atoms with Gasteiger partial charge in [0.15, 0.2) is 0 Å². The van der Waals surface area contributed by atoms with Gasteiger partial charge in [-0.15, -0.1) is 0 Å².